The van der Waals surface area contributed by atoms with Crippen LogP contribution < -0.4 is 16.6 Å². The smallest absolute Gasteiger partial charge is 0.253 e. The molecular weight excluding hydrogens is 158 g/mol. The lowest BCUT2D eigenvalue weighted by molar-refractivity contribution is -0.137. The summed E-state index contributed by atoms with van der Waals surface area (Å²) in [6, 6.07) is 0. The maximum Gasteiger partial charge on any atom is 0.253 e. The minimum Gasteiger partial charge on any atom is -0.355 e. The van der Waals surface area contributed by atoms with E-state index in [9.17, 15) is 9.59 Å². The lowest BCUT2D eigenvalue weighted by atomic mass is 9.86. The molecule has 2 amide bonds. The molecule has 1 rings (SSSR count). The predicted octanol–water partition coefficient (Wildman–Crippen LogP) is -1.33. The Morgan fingerprint density at radius 1 is 1.83 bits per heavy atom. The maximum atomic E-state index is 11.2. The van der Waals surface area contributed by atoms with Gasteiger partial charge < -0.3 is 5.32 Å². The molecular formula is C7H11N3O2. The average molecular weight is 169 g/mol. The highest BCUT2D eigenvalue weighted by Gasteiger charge is 2.46. The number of nitrogens with two attached hydrogens (primary N) is 1. The molecule has 1 heterocycles. The van der Waals surface area contributed by atoms with E-state index in [0.29, 0.717) is 13.0 Å². The molecule has 0 aromatic carbocycles. The summed E-state index contributed by atoms with van der Waals surface area (Å²) in [7, 11) is 0. The van der Waals surface area contributed by atoms with Crippen LogP contribution >= 0.6 is 0 Å². The number of nitrogens with one attached hydrogen (secondary N) is 2. The van der Waals surface area contributed by atoms with Crippen LogP contribution in [0.4, 0.5) is 0 Å². The van der Waals surface area contributed by atoms with Crippen LogP contribution in [0.2, 0.25) is 0 Å². The van der Waals surface area contributed by atoms with Crippen molar-refractivity contribution in [3.63, 3.8) is 0 Å². The molecule has 0 spiro atoms. The average Bonchev–Trinajstić information content (AvgIpc) is 2.46. The third kappa shape index (κ3) is 0.984. The van der Waals surface area contributed by atoms with E-state index in [0.717, 1.165) is 0 Å². The number of hydrazine groups is 1. The summed E-state index contributed by atoms with van der Waals surface area (Å²) in [4.78, 5) is 22.4. The molecule has 12 heavy (non-hydrogen) atoms. The van der Waals surface area contributed by atoms with Gasteiger partial charge in [0.25, 0.3) is 5.91 Å². The summed E-state index contributed by atoms with van der Waals surface area (Å²) < 4.78 is 0. The topological polar surface area (TPSA) is 84.2 Å². The zero-order valence-corrected chi connectivity index (χ0v) is 6.59. The summed E-state index contributed by atoms with van der Waals surface area (Å²) in [5, 5.41) is 2.55. The first-order valence-electron chi connectivity index (χ1n) is 3.60. The molecule has 1 fully saturated rings. The van der Waals surface area contributed by atoms with E-state index in [1.807, 2.05) is 5.43 Å². The molecule has 1 atom stereocenters. The van der Waals surface area contributed by atoms with E-state index in [1.165, 1.54) is 6.08 Å². The van der Waals surface area contributed by atoms with Crippen molar-refractivity contribution >= 4 is 11.8 Å². The van der Waals surface area contributed by atoms with Gasteiger partial charge in [0.1, 0.15) is 5.41 Å². The normalized spacial score (nSPS) is 27.9. The monoisotopic (exact) mass is 169 g/mol. The first kappa shape index (κ1) is 8.73. The van der Waals surface area contributed by atoms with E-state index in [4.69, 9.17) is 5.84 Å². The molecule has 66 valence electrons. The summed E-state index contributed by atoms with van der Waals surface area (Å²) in [5.41, 5.74) is 0.800. The van der Waals surface area contributed by atoms with Crippen molar-refractivity contribution in [2.24, 2.45) is 11.3 Å². The first-order valence-corrected chi connectivity index (χ1v) is 3.60. The van der Waals surface area contributed by atoms with Crippen molar-refractivity contribution < 1.29 is 9.59 Å². The molecule has 4 N–H and O–H groups in total. The summed E-state index contributed by atoms with van der Waals surface area (Å²) in [6.45, 7) is 3.94. The Labute approximate surface area is 70.0 Å². The lowest BCUT2D eigenvalue weighted by Gasteiger charge is -2.18. The van der Waals surface area contributed by atoms with Gasteiger partial charge in [-0.05, 0) is 6.42 Å². The van der Waals surface area contributed by atoms with Gasteiger partial charge in [-0.15, -0.1) is 6.58 Å². The SMILES string of the molecule is C=CC1(C(=O)NN)CCNC1=O. The van der Waals surface area contributed by atoms with E-state index in [1.54, 1.807) is 0 Å². The fourth-order valence-corrected chi connectivity index (χ4v) is 1.28. The van der Waals surface area contributed by atoms with Crippen molar-refractivity contribution in [2.75, 3.05) is 6.54 Å². The van der Waals surface area contributed by atoms with Crippen molar-refractivity contribution in [1.29, 1.82) is 0 Å². The largest absolute Gasteiger partial charge is 0.355 e. The van der Waals surface area contributed by atoms with Crippen LogP contribution in [0.3, 0.4) is 0 Å². The van der Waals surface area contributed by atoms with Gasteiger partial charge >= 0.3 is 0 Å². The standard InChI is InChI=1S/C7H11N3O2/c1-2-7(6(12)10-8)3-4-9-5(7)11/h2H,1,3-4,8H2,(H,9,11)(H,10,12). The Bertz CT molecular complexity index is 239. The third-order valence-electron chi connectivity index (χ3n) is 2.09. The minimum atomic E-state index is -1.16. The Morgan fingerprint density at radius 3 is 2.83 bits per heavy atom. The first-order chi connectivity index (χ1) is 5.67. The number of rotatable bonds is 2. The van der Waals surface area contributed by atoms with E-state index in [-0.39, 0.29) is 5.91 Å². The highest BCUT2D eigenvalue weighted by molar-refractivity contribution is 6.08. The van der Waals surface area contributed by atoms with Crippen LogP contribution in [0.25, 0.3) is 0 Å². The minimum absolute atomic E-state index is 0.333. The van der Waals surface area contributed by atoms with Crippen molar-refractivity contribution in [2.45, 2.75) is 6.42 Å². The number of hydrogen-bond donors (Lipinski definition) is 3. The van der Waals surface area contributed by atoms with Gasteiger partial charge in [0, 0.05) is 6.54 Å². The molecule has 0 bridgehead atoms. The molecule has 0 aliphatic carbocycles. The fraction of sp³-hybridized carbons (Fsp3) is 0.429. The van der Waals surface area contributed by atoms with Crippen LogP contribution in [-0.4, -0.2) is 18.4 Å². The number of carbonyl (C=O) groups is 2. The zero-order valence-electron chi connectivity index (χ0n) is 6.59. The van der Waals surface area contributed by atoms with Crippen LogP contribution in [0.5, 0.6) is 0 Å². The Kier molecular flexibility index (Phi) is 2.14. The summed E-state index contributed by atoms with van der Waals surface area (Å²) in [6.07, 6.45) is 1.75. The Morgan fingerprint density at radius 2 is 2.50 bits per heavy atom. The van der Waals surface area contributed by atoms with E-state index in [2.05, 4.69) is 11.9 Å². The van der Waals surface area contributed by atoms with Crippen LogP contribution in [0, 0.1) is 5.41 Å². The summed E-state index contributed by atoms with van der Waals surface area (Å²) >= 11 is 0. The molecule has 1 saturated heterocycles. The van der Waals surface area contributed by atoms with Crippen molar-refractivity contribution in [3.8, 4) is 0 Å². The van der Waals surface area contributed by atoms with Gasteiger partial charge in [-0.3, -0.25) is 15.0 Å². The predicted molar refractivity (Wildman–Crippen MR) is 42.6 cm³/mol. The van der Waals surface area contributed by atoms with Gasteiger partial charge in [0.2, 0.25) is 5.91 Å². The van der Waals surface area contributed by atoms with Crippen LogP contribution in [0.15, 0.2) is 12.7 Å². The van der Waals surface area contributed by atoms with Gasteiger partial charge in [0.15, 0.2) is 0 Å². The second-order valence-electron chi connectivity index (χ2n) is 2.65. The fourth-order valence-electron chi connectivity index (χ4n) is 1.28. The van der Waals surface area contributed by atoms with Crippen molar-refractivity contribution in [3.05, 3.63) is 12.7 Å². The van der Waals surface area contributed by atoms with Gasteiger partial charge in [-0.1, -0.05) is 6.08 Å². The van der Waals surface area contributed by atoms with Crippen molar-refractivity contribution in [1.82, 2.24) is 10.7 Å². The van der Waals surface area contributed by atoms with Gasteiger partial charge in [-0.2, -0.15) is 0 Å². The number of amides is 2. The maximum absolute atomic E-state index is 11.2. The molecule has 5 heteroatoms. The Balaban J connectivity index is 2.96. The quantitative estimate of drug-likeness (QED) is 0.157. The molecule has 1 unspecified atom stereocenters. The number of carbonyl (C=O) groups excluding carboxylic acids is 2. The van der Waals surface area contributed by atoms with Gasteiger partial charge in [-0.25, -0.2) is 5.84 Å². The molecule has 0 aromatic heterocycles. The Hall–Kier alpha value is -1.36. The second kappa shape index (κ2) is 2.94. The molecule has 1 aliphatic heterocycles. The van der Waals surface area contributed by atoms with Crippen LogP contribution in [-0.2, 0) is 9.59 Å². The highest BCUT2D eigenvalue weighted by Crippen LogP contribution is 2.27. The molecule has 1 aliphatic rings. The number of hydrogen-bond acceptors (Lipinski definition) is 3. The summed E-state index contributed by atoms with van der Waals surface area (Å²) in [5.74, 6) is 4.11. The third-order valence-corrected chi connectivity index (χ3v) is 2.09. The zero-order chi connectivity index (χ0) is 9.19. The molecule has 0 radical (unpaired) electrons. The second-order valence-corrected chi connectivity index (χ2v) is 2.65. The molecule has 0 aromatic rings. The van der Waals surface area contributed by atoms with Gasteiger partial charge in [0.05, 0.1) is 0 Å². The van der Waals surface area contributed by atoms with E-state index < -0.39 is 11.3 Å². The van der Waals surface area contributed by atoms with Crippen LogP contribution in [0.1, 0.15) is 6.42 Å². The molecule has 5 nitrogen and oxygen atoms in total. The molecule has 0 saturated carbocycles. The highest BCUT2D eigenvalue weighted by atomic mass is 16.2. The lowest BCUT2D eigenvalue weighted by Crippen LogP contribution is -2.47. The van der Waals surface area contributed by atoms with E-state index >= 15 is 0 Å².